The Bertz CT molecular complexity index is 1620. The first-order valence-corrected chi connectivity index (χ1v) is 16.6. The Balaban J connectivity index is 1.73. The molecule has 48 heavy (non-hydrogen) atoms. The first-order chi connectivity index (χ1) is 22.6. The highest BCUT2D eigenvalue weighted by Crippen LogP contribution is 2.68. The molecule has 2 fully saturated rings. The smallest absolute Gasteiger partial charge is 0.347 e. The lowest BCUT2D eigenvalue weighted by atomic mass is 9.42. The van der Waals surface area contributed by atoms with Crippen LogP contribution in [0.5, 0.6) is 5.75 Å². The van der Waals surface area contributed by atoms with Gasteiger partial charge in [0.05, 0.1) is 0 Å². The highest BCUT2D eigenvalue weighted by molar-refractivity contribution is 5.70. The van der Waals surface area contributed by atoms with Gasteiger partial charge in [-0.3, -0.25) is 24.2 Å². The summed E-state index contributed by atoms with van der Waals surface area (Å²) < 4.78 is 36.5. The minimum Gasteiger partial charge on any atom is -0.482 e. The van der Waals surface area contributed by atoms with E-state index in [0.717, 1.165) is 6.42 Å². The molecule has 12 heteroatoms. The van der Waals surface area contributed by atoms with E-state index in [1.54, 1.807) is 30.6 Å². The number of ether oxygens (including phenoxy) is 5. The number of nitrogens with zero attached hydrogens (tertiary/aromatic N) is 1. The molecule has 2 aromatic rings. The molecular formula is C36H45NO11. The molecule has 1 aliphatic heterocycles. The van der Waals surface area contributed by atoms with Gasteiger partial charge in [0.25, 0.3) is 0 Å². The van der Waals surface area contributed by atoms with Crippen molar-refractivity contribution < 1.29 is 47.3 Å². The molecule has 12 nitrogen and oxygen atoms in total. The molecule has 8 atom stereocenters. The van der Waals surface area contributed by atoms with Crippen LogP contribution in [-0.4, -0.2) is 53.3 Å². The molecule has 0 aromatic carbocycles. The summed E-state index contributed by atoms with van der Waals surface area (Å²) in [6, 6.07) is 5.04. The number of fused-ring (bicyclic) bond motifs is 4. The minimum atomic E-state index is -1.30. The van der Waals surface area contributed by atoms with Gasteiger partial charge in [-0.2, -0.15) is 0 Å². The Morgan fingerprint density at radius 2 is 1.71 bits per heavy atom. The van der Waals surface area contributed by atoms with Gasteiger partial charge in [-0.25, -0.2) is 4.79 Å². The quantitative estimate of drug-likeness (QED) is 0.245. The number of hydrogen-bond acceptors (Lipinski definition) is 12. The van der Waals surface area contributed by atoms with Gasteiger partial charge in [-0.05, 0) is 56.1 Å². The Kier molecular flexibility index (Phi) is 9.76. The van der Waals surface area contributed by atoms with Crippen LogP contribution in [0.3, 0.4) is 0 Å². The summed E-state index contributed by atoms with van der Waals surface area (Å²) in [5, 5.41) is 0. The fraction of sp³-hybridized carbons (Fsp3) is 0.611. The van der Waals surface area contributed by atoms with Gasteiger partial charge in [0.15, 0.2) is 5.60 Å². The largest absolute Gasteiger partial charge is 0.482 e. The molecule has 0 unspecified atom stereocenters. The van der Waals surface area contributed by atoms with Crippen LogP contribution in [0.4, 0.5) is 0 Å². The summed E-state index contributed by atoms with van der Waals surface area (Å²) in [6.45, 7) is 11.6. The van der Waals surface area contributed by atoms with Crippen molar-refractivity contribution >= 4 is 23.9 Å². The SMILES string of the molecule is CCCCC(=O)O[C@H]1c2c(cc(-c3cccnc3)oc2=O)O[C@]2(C)[C@@H](OC(C)=O)C[C@H]3[C@](C)(COC(C)=O)[C@@H](OC(C)=O)CC[C@]3(C)[C@@H]12. The number of esters is 4. The lowest BCUT2D eigenvalue weighted by Crippen LogP contribution is -2.71. The number of rotatable bonds is 9. The number of unbranched alkanes of at least 4 members (excludes halogenated alkanes) is 1. The molecule has 2 aromatic heterocycles. The second-order valence-electron chi connectivity index (χ2n) is 14.0. The first-order valence-electron chi connectivity index (χ1n) is 16.6. The van der Waals surface area contributed by atoms with Gasteiger partial charge in [-0.1, -0.05) is 27.2 Å². The highest BCUT2D eigenvalue weighted by atomic mass is 16.6. The van der Waals surface area contributed by atoms with Crippen molar-refractivity contribution in [3.8, 4) is 17.1 Å². The Morgan fingerprint density at radius 1 is 1.00 bits per heavy atom. The maximum Gasteiger partial charge on any atom is 0.347 e. The zero-order valence-corrected chi connectivity index (χ0v) is 28.7. The van der Waals surface area contributed by atoms with E-state index < -0.39 is 76.1 Å². The number of pyridine rings is 1. The summed E-state index contributed by atoms with van der Waals surface area (Å²) in [5.41, 5.74) is -3.15. The van der Waals surface area contributed by atoms with E-state index in [9.17, 15) is 24.0 Å². The molecule has 3 heterocycles. The second-order valence-corrected chi connectivity index (χ2v) is 14.0. The van der Waals surface area contributed by atoms with E-state index in [0.29, 0.717) is 24.8 Å². The van der Waals surface area contributed by atoms with Crippen LogP contribution in [0.25, 0.3) is 11.3 Å². The van der Waals surface area contributed by atoms with Crippen molar-refractivity contribution in [3.63, 3.8) is 0 Å². The van der Waals surface area contributed by atoms with Gasteiger partial charge in [-0.15, -0.1) is 0 Å². The molecule has 0 N–H and O–H groups in total. The van der Waals surface area contributed by atoms with E-state index in [2.05, 4.69) is 4.98 Å². The van der Waals surface area contributed by atoms with Crippen LogP contribution in [-0.2, 0) is 38.1 Å². The monoisotopic (exact) mass is 667 g/mol. The van der Waals surface area contributed by atoms with E-state index in [1.165, 1.54) is 20.8 Å². The third kappa shape index (κ3) is 6.33. The summed E-state index contributed by atoms with van der Waals surface area (Å²) in [6.07, 6.45) is 3.09. The van der Waals surface area contributed by atoms with E-state index >= 15 is 0 Å². The molecule has 5 rings (SSSR count). The first kappa shape index (κ1) is 35.1. The van der Waals surface area contributed by atoms with Crippen LogP contribution in [0.2, 0.25) is 0 Å². The Hall–Kier alpha value is -4.22. The predicted octanol–water partition coefficient (Wildman–Crippen LogP) is 5.50. The lowest BCUT2D eigenvalue weighted by Gasteiger charge is -2.66. The van der Waals surface area contributed by atoms with E-state index in [4.69, 9.17) is 28.1 Å². The van der Waals surface area contributed by atoms with Crippen molar-refractivity contribution in [2.24, 2.45) is 22.7 Å². The van der Waals surface area contributed by atoms with Crippen LogP contribution in [0.15, 0.2) is 39.8 Å². The average Bonchev–Trinajstić information content (AvgIpc) is 3.01. The standard InChI is InChI=1S/C36H45NO11/c1-8-9-12-29(41)47-31-30-25(16-24(46-33(30)42)23-11-10-15-37-18-23)48-36(7)28(45-22(4)40)17-26-34(5,32(31)36)14-13-27(44-21(3)39)35(26,6)19-43-20(2)38/h10-11,15-16,18,26-28,31-32H,8-9,12-14,17,19H2,1-7H3/t26-,27+,28+,31+,32-,34+,35+,36-/m1/s1. The zero-order valence-electron chi connectivity index (χ0n) is 28.7. The van der Waals surface area contributed by atoms with Gasteiger partial charge in [0, 0.05) is 62.5 Å². The minimum absolute atomic E-state index is 0.0576. The van der Waals surface area contributed by atoms with Gasteiger partial charge < -0.3 is 28.1 Å². The third-order valence-electron chi connectivity index (χ3n) is 10.7. The number of aromatic nitrogens is 1. The second kappa shape index (κ2) is 13.4. The van der Waals surface area contributed by atoms with Gasteiger partial charge >= 0.3 is 29.5 Å². The summed E-state index contributed by atoms with van der Waals surface area (Å²) in [7, 11) is 0. The summed E-state index contributed by atoms with van der Waals surface area (Å²) in [4.78, 5) is 68.7. The molecule has 0 spiro atoms. The molecular weight excluding hydrogens is 622 g/mol. The predicted molar refractivity (Wildman–Crippen MR) is 170 cm³/mol. The fourth-order valence-corrected chi connectivity index (χ4v) is 8.65. The van der Waals surface area contributed by atoms with E-state index in [-0.39, 0.29) is 36.5 Å². The maximum absolute atomic E-state index is 14.0. The molecule has 0 radical (unpaired) electrons. The molecule has 3 aliphatic rings. The number of carbonyl (C=O) groups is 4. The lowest BCUT2D eigenvalue weighted by molar-refractivity contribution is -0.273. The van der Waals surface area contributed by atoms with Crippen molar-refractivity contribution in [3.05, 3.63) is 46.6 Å². The molecule has 2 saturated carbocycles. The fourth-order valence-electron chi connectivity index (χ4n) is 8.65. The molecule has 0 amide bonds. The van der Waals surface area contributed by atoms with Crippen LogP contribution >= 0.6 is 0 Å². The van der Waals surface area contributed by atoms with Crippen LogP contribution < -0.4 is 10.4 Å². The van der Waals surface area contributed by atoms with Gasteiger partial charge in [0.1, 0.15) is 42.0 Å². The van der Waals surface area contributed by atoms with E-state index in [1.807, 2.05) is 27.7 Å². The molecule has 0 bridgehead atoms. The molecule has 2 aliphatic carbocycles. The summed E-state index contributed by atoms with van der Waals surface area (Å²) in [5.74, 6) is -2.80. The maximum atomic E-state index is 14.0. The topological polar surface area (TPSA) is 158 Å². The Labute approximate surface area is 279 Å². The Morgan fingerprint density at radius 3 is 2.33 bits per heavy atom. The van der Waals surface area contributed by atoms with Crippen molar-refractivity contribution in [1.82, 2.24) is 4.98 Å². The highest BCUT2D eigenvalue weighted by Gasteiger charge is 2.71. The third-order valence-corrected chi connectivity index (χ3v) is 10.7. The normalized spacial score (nSPS) is 31.9. The van der Waals surface area contributed by atoms with Gasteiger partial charge in [0.2, 0.25) is 0 Å². The summed E-state index contributed by atoms with van der Waals surface area (Å²) >= 11 is 0. The van der Waals surface area contributed by atoms with Crippen molar-refractivity contribution in [2.75, 3.05) is 6.61 Å². The number of hydrogen-bond donors (Lipinski definition) is 0. The average molecular weight is 668 g/mol. The molecule has 260 valence electrons. The zero-order chi connectivity index (χ0) is 35.0. The number of carbonyl (C=O) groups excluding carboxylic acids is 4. The van der Waals surface area contributed by atoms with Crippen LogP contribution in [0, 0.1) is 22.7 Å². The molecule has 0 saturated heterocycles. The van der Waals surface area contributed by atoms with Crippen LogP contribution in [0.1, 0.15) is 98.7 Å². The van der Waals surface area contributed by atoms with Crippen molar-refractivity contribution in [1.29, 1.82) is 0 Å². The van der Waals surface area contributed by atoms with Crippen molar-refractivity contribution in [2.45, 2.75) is 111 Å².